The van der Waals surface area contributed by atoms with E-state index in [9.17, 15) is 9.59 Å². The van der Waals surface area contributed by atoms with Gasteiger partial charge in [-0.1, -0.05) is 0 Å². The van der Waals surface area contributed by atoms with Crippen LogP contribution in [0.4, 0.5) is 0 Å². The van der Waals surface area contributed by atoms with Crippen LogP contribution in [-0.2, 0) is 9.59 Å². The SMILES string of the molecule is O=C=NCC1CC2CC1C1C(CN=C=O)CCC21. The van der Waals surface area contributed by atoms with E-state index < -0.39 is 0 Å². The van der Waals surface area contributed by atoms with Crippen LogP contribution in [0.3, 0.4) is 0 Å². The molecule has 18 heavy (non-hydrogen) atoms. The van der Waals surface area contributed by atoms with Gasteiger partial charge in [-0.05, 0) is 61.2 Å². The third-order valence-electron chi connectivity index (χ3n) is 5.58. The van der Waals surface area contributed by atoms with Crippen molar-refractivity contribution in [2.24, 2.45) is 45.5 Å². The van der Waals surface area contributed by atoms with Crippen molar-refractivity contribution in [3.05, 3.63) is 0 Å². The molecule has 6 atom stereocenters. The lowest BCUT2D eigenvalue weighted by atomic mass is 9.73. The number of isocyanates is 2. The molecule has 0 aromatic rings. The Hall–Kier alpha value is -1.24. The van der Waals surface area contributed by atoms with E-state index in [1.165, 1.54) is 25.7 Å². The molecule has 0 saturated heterocycles. The van der Waals surface area contributed by atoms with Crippen molar-refractivity contribution in [2.75, 3.05) is 13.1 Å². The third-order valence-corrected chi connectivity index (χ3v) is 5.58. The topological polar surface area (TPSA) is 58.9 Å². The first-order valence-corrected chi connectivity index (χ1v) is 6.92. The Bertz CT molecular complexity index is 424. The fraction of sp³-hybridized carbons (Fsp3) is 0.857. The zero-order chi connectivity index (χ0) is 12.5. The monoisotopic (exact) mass is 246 g/mol. The molecule has 0 spiro atoms. The fourth-order valence-electron chi connectivity index (χ4n) is 5.11. The van der Waals surface area contributed by atoms with Crippen LogP contribution in [0, 0.1) is 35.5 Å². The minimum absolute atomic E-state index is 0.564. The van der Waals surface area contributed by atoms with Crippen LogP contribution in [-0.4, -0.2) is 25.2 Å². The molecule has 0 aliphatic heterocycles. The molecule has 3 saturated carbocycles. The van der Waals surface area contributed by atoms with Crippen molar-refractivity contribution in [2.45, 2.75) is 25.7 Å². The molecule has 2 bridgehead atoms. The Balaban J connectivity index is 1.72. The first-order chi connectivity index (χ1) is 8.85. The molecule has 3 aliphatic rings. The van der Waals surface area contributed by atoms with Gasteiger partial charge in [0.2, 0.25) is 12.2 Å². The van der Waals surface area contributed by atoms with Gasteiger partial charge in [0.25, 0.3) is 0 Å². The van der Waals surface area contributed by atoms with Gasteiger partial charge in [-0.2, -0.15) is 0 Å². The number of hydrogen-bond donors (Lipinski definition) is 0. The van der Waals surface area contributed by atoms with E-state index in [-0.39, 0.29) is 0 Å². The maximum atomic E-state index is 10.3. The molecule has 3 fully saturated rings. The lowest BCUT2D eigenvalue weighted by Gasteiger charge is -2.33. The van der Waals surface area contributed by atoms with Gasteiger partial charge < -0.3 is 0 Å². The molecule has 96 valence electrons. The van der Waals surface area contributed by atoms with Crippen LogP contribution in [0.25, 0.3) is 0 Å². The molecule has 3 aliphatic carbocycles. The summed E-state index contributed by atoms with van der Waals surface area (Å²) in [6, 6.07) is 0. The van der Waals surface area contributed by atoms with E-state index >= 15 is 0 Å². The highest BCUT2D eigenvalue weighted by Crippen LogP contribution is 2.62. The lowest BCUT2D eigenvalue weighted by Crippen LogP contribution is -2.30. The second kappa shape index (κ2) is 4.79. The highest BCUT2D eigenvalue weighted by molar-refractivity contribution is 5.33. The summed E-state index contributed by atoms with van der Waals surface area (Å²) < 4.78 is 0. The summed E-state index contributed by atoms with van der Waals surface area (Å²) in [7, 11) is 0. The average molecular weight is 246 g/mol. The Morgan fingerprint density at radius 2 is 1.61 bits per heavy atom. The van der Waals surface area contributed by atoms with Gasteiger partial charge >= 0.3 is 0 Å². The first kappa shape index (κ1) is 11.8. The molecule has 0 N–H and O–H groups in total. The molecule has 0 aromatic heterocycles. The first-order valence-electron chi connectivity index (χ1n) is 6.92. The lowest BCUT2D eigenvalue weighted by molar-refractivity contribution is 0.160. The predicted molar refractivity (Wildman–Crippen MR) is 65.4 cm³/mol. The van der Waals surface area contributed by atoms with Gasteiger partial charge in [-0.25, -0.2) is 19.6 Å². The van der Waals surface area contributed by atoms with Crippen LogP contribution in [0.5, 0.6) is 0 Å². The number of hydrogen-bond acceptors (Lipinski definition) is 4. The number of aliphatic imine (C=N–C) groups is 2. The van der Waals surface area contributed by atoms with Crippen LogP contribution in [0.15, 0.2) is 9.98 Å². The second-order valence-corrected chi connectivity index (χ2v) is 6.10. The average Bonchev–Trinajstić information content (AvgIpc) is 3.05. The van der Waals surface area contributed by atoms with E-state index in [2.05, 4.69) is 9.98 Å². The normalized spacial score (nSPS) is 44.2. The summed E-state index contributed by atoms with van der Waals surface area (Å²) in [6.45, 7) is 1.30. The summed E-state index contributed by atoms with van der Waals surface area (Å²) in [6.07, 6.45) is 8.38. The van der Waals surface area contributed by atoms with Gasteiger partial charge in [0.05, 0.1) is 13.1 Å². The van der Waals surface area contributed by atoms with Crippen LogP contribution in [0.2, 0.25) is 0 Å². The number of carbonyl (C=O) groups excluding carboxylic acids is 2. The largest absolute Gasteiger partial charge is 0.234 e. The third kappa shape index (κ3) is 1.77. The zero-order valence-electron chi connectivity index (χ0n) is 10.4. The zero-order valence-corrected chi connectivity index (χ0v) is 10.4. The second-order valence-electron chi connectivity index (χ2n) is 6.10. The Morgan fingerprint density at radius 3 is 2.33 bits per heavy atom. The van der Waals surface area contributed by atoms with Gasteiger partial charge in [0.1, 0.15) is 0 Å². The maximum Gasteiger partial charge on any atom is 0.234 e. The van der Waals surface area contributed by atoms with E-state index in [4.69, 9.17) is 0 Å². The highest BCUT2D eigenvalue weighted by Gasteiger charge is 2.56. The van der Waals surface area contributed by atoms with E-state index in [1.807, 2.05) is 0 Å². The molecule has 0 amide bonds. The minimum atomic E-state index is 0.564. The number of nitrogens with zero attached hydrogens (tertiary/aromatic N) is 2. The van der Waals surface area contributed by atoms with Gasteiger partial charge in [-0.3, -0.25) is 0 Å². The molecule has 4 nitrogen and oxygen atoms in total. The fourth-order valence-corrected chi connectivity index (χ4v) is 5.11. The van der Waals surface area contributed by atoms with Crippen LogP contribution >= 0.6 is 0 Å². The molecular formula is C14H18N2O2. The van der Waals surface area contributed by atoms with Crippen molar-refractivity contribution in [3.8, 4) is 0 Å². The van der Waals surface area contributed by atoms with Crippen LogP contribution < -0.4 is 0 Å². The van der Waals surface area contributed by atoms with Crippen molar-refractivity contribution < 1.29 is 9.59 Å². The smallest absolute Gasteiger partial charge is 0.211 e. The van der Waals surface area contributed by atoms with Crippen molar-refractivity contribution >= 4 is 12.2 Å². The predicted octanol–water partition coefficient (Wildman–Crippen LogP) is 1.96. The van der Waals surface area contributed by atoms with E-state index in [0.717, 1.165) is 11.8 Å². The summed E-state index contributed by atoms with van der Waals surface area (Å²) in [5, 5.41) is 0. The van der Waals surface area contributed by atoms with Crippen molar-refractivity contribution in [1.29, 1.82) is 0 Å². The molecule has 0 heterocycles. The Morgan fingerprint density at radius 1 is 0.889 bits per heavy atom. The summed E-state index contributed by atoms with van der Waals surface area (Å²) >= 11 is 0. The van der Waals surface area contributed by atoms with Crippen molar-refractivity contribution in [3.63, 3.8) is 0 Å². The number of fused-ring (bicyclic) bond motifs is 5. The van der Waals surface area contributed by atoms with Gasteiger partial charge in [-0.15, -0.1) is 0 Å². The molecule has 0 aromatic carbocycles. The molecule has 3 rings (SSSR count). The summed E-state index contributed by atoms with van der Waals surface area (Å²) in [4.78, 5) is 28.1. The summed E-state index contributed by atoms with van der Waals surface area (Å²) in [5.41, 5.74) is 0. The molecule has 0 radical (unpaired) electrons. The quantitative estimate of drug-likeness (QED) is 0.562. The standard InChI is InChI=1S/C14H18N2O2/c17-7-15-5-9-1-2-12-10-3-11(6-16-8-18)13(4-10)14(9)12/h9-14H,1-6H2. The Labute approximate surface area is 107 Å². The highest BCUT2D eigenvalue weighted by atomic mass is 16.1. The molecule has 6 unspecified atom stereocenters. The van der Waals surface area contributed by atoms with E-state index in [0.29, 0.717) is 36.8 Å². The molecule has 4 heteroatoms. The minimum Gasteiger partial charge on any atom is -0.211 e. The van der Waals surface area contributed by atoms with Crippen molar-refractivity contribution in [1.82, 2.24) is 0 Å². The van der Waals surface area contributed by atoms with Gasteiger partial charge in [0, 0.05) is 0 Å². The van der Waals surface area contributed by atoms with Crippen LogP contribution in [0.1, 0.15) is 25.7 Å². The van der Waals surface area contributed by atoms with E-state index in [1.54, 1.807) is 12.2 Å². The number of rotatable bonds is 4. The molecular weight excluding hydrogens is 228 g/mol. The van der Waals surface area contributed by atoms with Gasteiger partial charge in [0.15, 0.2) is 0 Å². The Kier molecular flexibility index (Phi) is 3.15. The maximum absolute atomic E-state index is 10.3. The summed E-state index contributed by atoms with van der Waals surface area (Å²) in [5.74, 6) is 4.22.